The molecule has 2 N–H and O–H groups in total. The van der Waals surface area contributed by atoms with Crippen LogP contribution >= 0.6 is 0 Å². The molecule has 0 aromatic carbocycles. The molecule has 3 rings (SSSR count). The molecule has 2 fully saturated rings. The SMILES string of the molecule is CCCC(O)C1C(C2C[C@@H](C)[C@H](C(=O)CO)C2)C[C@H](F)C2=CC(=O)C=C[C@@]21C. The van der Waals surface area contributed by atoms with E-state index in [4.69, 9.17) is 0 Å². The molecule has 0 amide bonds. The van der Waals surface area contributed by atoms with Gasteiger partial charge in [0.15, 0.2) is 11.6 Å². The highest BCUT2D eigenvalue weighted by atomic mass is 19.1. The van der Waals surface area contributed by atoms with Gasteiger partial charge in [0.05, 0.1) is 6.10 Å². The van der Waals surface area contributed by atoms with E-state index in [1.54, 1.807) is 6.08 Å². The number of hydrogen-bond donors (Lipinski definition) is 2. The number of halogens is 1. The van der Waals surface area contributed by atoms with Crippen molar-refractivity contribution in [3.63, 3.8) is 0 Å². The number of alkyl halides is 1. The predicted octanol–water partition coefficient (Wildman–Crippen LogP) is 3.42. The zero-order chi connectivity index (χ0) is 20.6. The first-order chi connectivity index (χ1) is 13.2. The third-order valence-corrected chi connectivity index (χ3v) is 7.58. The minimum atomic E-state index is -1.21. The first-order valence-corrected chi connectivity index (χ1v) is 10.6. The van der Waals surface area contributed by atoms with Crippen molar-refractivity contribution in [2.45, 2.75) is 65.2 Å². The van der Waals surface area contributed by atoms with Crippen molar-refractivity contribution in [3.8, 4) is 0 Å². The molecule has 0 radical (unpaired) electrons. The summed E-state index contributed by atoms with van der Waals surface area (Å²) in [5, 5.41) is 20.4. The summed E-state index contributed by atoms with van der Waals surface area (Å²) in [7, 11) is 0. The average molecular weight is 393 g/mol. The molecule has 0 heterocycles. The van der Waals surface area contributed by atoms with Gasteiger partial charge >= 0.3 is 0 Å². The molecule has 5 heteroatoms. The lowest BCUT2D eigenvalue weighted by atomic mass is 9.53. The van der Waals surface area contributed by atoms with E-state index < -0.39 is 24.3 Å². The van der Waals surface area contributed by atoms with Crippen LogP contribution in [-0.2, 0) is 9.59 Å². The van der Waals surface area contributed by atoms with Crippen molar-refractivity contribution in [3.05, 3.63) is 23.8 Å². The predicted molar refractivity (Wildman–Crippen MR) is 105 cm³/mol. The van der Waals surface area contributed by atoms with Crippen molar-refractivity contribution in [2.75, 3.05) is 6.61 Å². The Morgan fingerprint density at radius 2 is 2.07 bits per heavy atom. The molecule has 28 heavy (non-hydrogen) atoms. The smallest absolute Gasteiger partial charge is 0.178 e. The number of Topliss-reactive ketones (excluding diaryl/α,β-unsaturated/α-hetero) is 1. The Kier molecular flexibility index (Phi) is 6.26. The summed E-state index contributed by atoms with van der Waals surface area (Å²) >= 11 is 0. The van der Waals surface area contributed by atoms with Crippen molar-refractivity contribution >= 4 is 11.6 Å². The standard InChI is InChI=1S/C23H33FO4/c1-4-5-20(27)22-17(14-8-13(2)16(9-14)21(28)12-25)11-19(24)18-10-15(26)6-7-23(18,22)3/h6-7,10,13-14,16-17,19-20,22,25,27H,4-5,8-9,11-12H2,1-3H3/t13-,14?,16-,17?,19+,20?,22?,23+/m1/s1. The van der Waals surface area contributed by atoms with E-state index in [-0.39, 0.29) is 47.6 Å². The maximum absolute atomic E-state index is 15.2. The minimum Gasteiger partial charge on any atom is -0.393 e. The van der Waals surface area contributed by atoms with Crippen molar-refractivity contribution in [1.29, 1.82) is 0 Å². The summed E-state index contributed by atoms with van der Waals surface area (Å²) in [4.78, 5) is 24.0. The van der Waals surface area contributed by atoms with Crippen LogP contribution < -0.4 is 0 Å². The zero-order valence-corrected chi connectivity index (χ0v) is 17.1. The summed E-state index contributed by atoms with van der Waals surface area (Å²) in [5.41, 5.74) is -0.196. The molecule has 3 aliphatic carbocycles. The zero-order valence-electron chi connectivity index (χ0n) is 17.1. The monoisotopic (exact) mass is 392 g/mol. The summed E-state index contributed by atoms with van der Waals surface area (Å²) in [6.07, 6.45) is 6.10. The van der Waals surface area contributed by atoms with Gasteiger partial charge in [0.2, 0.25) is 0 Å². The van der Waals surface area contributed by atoms with E-state index >= 15 is 4.39 Å². The first-order valence-electron chi connectivity index (χ1n) is 10.6. The van der Waals surface area contributed by atoms with Gasteiger partial charge in [-0.2, -0.15) is 0 Å². The highest BCUT2D eigenvalue weighted by Crippen LogP contribution is 2.57. The summed E-state index contributed by atoms with van der Waals surface area (Å²) in [6.45, 7) is 5.54. The molecule has 156 valence electrons. The summed E-state index contributed by atoms with van der Waals surface area (Å²) in [5.74, 6) is -0.478. The van der Waals surface area contributed by atoms with Gasteiger partial charge in [0.25, 0.3) is 0 Å². The van der Waals surface area contributed by atoms with Gasteiger partial charge in [-0.1, -0.05) is 33.3 Å². The third kappa shape index (κ3) is 3.63. The maximum Gasteiger partial charge on any atom is 0.178 e. The van der Waals surface area contributed by atoms with Crippen LogP contribution in [0.3, 0.4) is 0 Å². The molecule has 8 atom stereocenters. The van der Waals surface area contributed by atoms with E-state index in [1.807, 2.05) is 20.8 Å². The molecule has 0 saturated heterocycles. The van der Waals surface area contributed by atoms with E-state index in [9.17, 15) is 19.8 Å². The van der Waals surface area contributed by atoms with Gasteiger partial charge in [0, 0.05) is 17.3 Å². The molecule has 0 aromatic rings. The van der Waals surface area contributed by atoms with E-state index in [2.05, 4.69) is 0 Å². The van der Waals surface area contributed by atoms with Crippen LogP contribution in [-0.4, -0.2) is 40.7 Å². The second-order valence-corrected chi connectivity index (χ2v) is 9.31. The van der Waals surface area contributed by atoms with E-state index in [1.165, 1.54) is 12.2 Å². The van der Waals surface area contributed by atoms with Crippen LogP contribution in [0.1, 0.15) is 52.9 Å². The highest BCUT2D eigenvalue weighted by molar-refractivity contribution is 6.01. The van der Waals surface area contributed by atoms with Crippen molar-refractivity contribution in [2.24, 2.45) is 35.0 Å². The lowest BCUT2D eigenvalue weighted by Gasteiger charge is -2.52. The highest BCUT2D eigenvalue weighted by Gasteiger charge is 2.55. The van der Waals surface area contributed by atoms with Crippen molar-refractivity contribution < 1.29 is 24.2 Å². The molecular formula is C23H33FO4. The molecule has 0 spiro atoms. The number of aliphatic hydroxyl groups is 2. The third-order valence-electron chi connectivity index (χ3n) is 7.58. The molecule has 0 bridgehead atoms. The summed E-state index contributed by atoms with van der Waals surface area (Å²) in [6, 6.07) is 0. The molecule has 0 aliphatic heterocycles. The Bertz CT molecular complexity index is 684. The Labute approximate surface area is 166 Å². The van der Waals surface area contributed by atoms with Crippen LogP contribution in [0.5, 0.6) is 0 Å². The van der Waals surface area contributed by atoms with Crippen LogP contribution in [0.15, 0.2) is 23.8 Å². The van der Waals surface area contributed by atoms with Gasteiger partial charge in [-0.3, -0.25) is 9.59 Å². The molecule has 3 aliphatic rings. The second-order valence-electron chi connectivity index (χ2n) is 9.31. The average Bonchev–Trinajstić information content (AvgIpc) is 3.04. The maximum atomic E-state index is 15.2. The Morgan fingerprint density at radius 1 is 1.36 bits per heavy atom. The lowest BCUT2D eigenvalue weighted by molar-refractivity contribution is -0.126. The molecule has 2 saturated carbocycles. The number of allylic oxidation sites excluding steroid dienone is 4. The van der Waals surface area contributed by atoms with E-state index in [0.717, 1.165) is 12.8 Å². The van der Waals surface area contributed by atoms with Gasteiger partial charge in [0.1, 0.15) is 12.8 Å². The molecular weight excluding hydrogens is 359 g/mol. The molecule has 4 nitrogen and oxygen atoms in total. The quantitative estimate of drug-likeness (QED) is 0.726. The van der Waals surface area contributed by atoms with Crippen LogP contribution in [0.25, 0.3) is 0 Å². The fourth-order valence-electron chi connectivity index (χ4n) is 6.26. The van der Waals surface area contributed by atoms with Gasteiger partial charge < -0.3 is 10.2 Å². The van der Waals surface area contributed by atoms with Crippen LogP contribution in [0.4, 0.5) is 4.39 Å². The van der Waals surface area contributed by atoms with E-state index in [0.29, 0.717) is 18.4 Å². The fourth-order valence-corrected chi connectivity index (χ4v) is 6.26. The Hall–Kier alpha value is -1.33. The molecule has 0 aromatic heterocycles. The number of aliphatic hydroxyl groups excluding tert-OH is 2. The number of rotatable bonds is 6. The van der Waals surface area contributed by atoms with Crippen molar-refractivity contribution in [1.82, 2.24) is 0 Å². The van der Waals surface area contributed by atoms with Crippen LogP contribution in [0, 0.1) is 35.0 Å². The topological polar surface area (TPSA) is 74.6 Å². The number of fused-ring (bicyclic) bond motifs is 1. The fraction of sp³-hybridized carbons (Fsp3) is 0.739. The largest absolute Gasteiger partial charge is 0.393 e. The van der Waals surface area contributed by atoms with Gasteiger partial charge in [-0.25, -0.2) is 4.39 Å². The number of carbonyl (C=O) groups is 2. The first kappa shape index (κ1) is 21.4. The minimum absolute atomic E-state index is 0.0597. The van der Waals surface area contributed by atoms with Gasteiger partial charge in [-0.05, 0) is 61.2 Å². The number of ketones is 2. The Balaban J connectivity index is 1.96. The lowest BCUT2D eigenvalue weighted by Crippen LogP contribution is -2.51. The van der Waals surface area contributed by atoms with Crippen LogP contribution in [0.2, 0.25) is 0 Å². The van der Waals surface area contributed by atoms with Gasteiger partial charge in [-0.15, -0.1) is 0 Å². The number of hydrogen-bond acceptors (Lipinski definition) is 4. The molecule has 4 unspecified atom stereocenters. The number of carbonyl (C=O) groups excluding carboxylic acids is 2. The summed E-state index contributed by atoms with van der Waals surface area (Å²) < 4.78 is 15.2. The normalized spacial score (nSPS) is 41.5. The Morgan fingerprint density at radius 3 is 2.71 bits per heavy atom. The second kappa shape index (κ2) is 8.19.